The summed E-state index contributed by atoms with van der Waals surface area (Å²) in [6.07, 6.45) is 7.49. The molecule has 2 aromatic heterocycles. The largest absolute Gasteiger partial charge is 0.381 e. The molecule has 1 saturated heterocycles. The third kappa shape index (κ3) is 6.79. The number of pyridine rings is 1. The van der Waals surface area contributed by atoms with Crippen LogP contribution in [0.5, 0.6) is 0 Å². The Morgan fingerprint density at radius 3 is 2.56 bits per heavy atom. The van der Waals surface area contributed by atoms with Crippen molar-refractivity contribution in [1.82, 2.24) is 24.8 Å². The van der Waals surface area contributed by atoms with Crippen molar-refractivity contribution in [3.05, 3.63) is 70.1 Å². The quantitative estimate of drug-likeness (QED) is 0.426. The highest BCUT2D eigenvalue weighted by atomic mass is 35.5. The summed E-state index contributed by atoms with van der Waals surface area (Å²) in [5.41, 5.74) is 4.80. The number of fused-ring (bicyclic) bond motifs is 1. The molecule has 5 rings (SSSR count). The molecular formula is C29H33ClN6O3. The fourth-order valence-corrected chi connectivity index (χ4v) is 5.30. The van der Waals surface area contributed by atoms with Crippen molar-refractivity contribution in [2.45, 2.75) is 38.3 Å². The number of ether oxygens (including phenoxy) is 1. The number of nitrogens with one attached hydrogen (secondary N) is 1. The highest BCUT2D eigenvalue weighted by Crippen LogP contribution is 2.28. The molecule has 0 spiro atoms. The van der Waals surface area contributed by atoms with Crippen molar-refractivity contribution in [2.24, 2.45) is 0 Å². The van der Waals surface area contributed by atoms with Gasteiger partial charge in [0.25, 0.3) is 0 Å². The average Bonchev–Trinajstić information content (AvgIpc) is 3.18. The second-order valence-electron chi connectivity index (χ2n) is 10.1. The van der Waals surface area contributed by atoms with Gasteiger partial charge in [0.15, 0.2) is 6.29 Å². The molecule has 0 aliphatic carbocycles. The van der Waals surface area contributed by atoms with Crippen molar-refractivity contribution in [2.75, 3.05) is 45.2 Å². The van der Waals surface area contributed by atoms with Gasteiger partial charge in [-0.2, -0.15) is 0 Å². The number of carbonyl (C=O) groups is 2. The molecule has 0 bridgehead atoms. The molecule has 0 atom stereocenters. The summed E-state index contributed by atoms with van der Waals surface area (Å²) in [6.45, 7) is 3.44. The van der Waals surface area contributed by atoms with E-state index in [9.17, 15) is 9.59 Å². The Morgan fingerprint density at radius 1 is 1.15 bits per heavy atom. The van der Waals surface area contributed by atoms with E-state index in [2.05, 4.69) is 44.5 Å². The molecule has 9 nitrogen and oxygen atoms in total. The van der Waals surface area contributed by atoms with Crippen LogP contribution in [0.25, 0.3) is 11.3 Å². The molecule has 204 valence electrons. The first-order chi connectivity index (χ1) is 19.0. The number of carbonyl (C=O) groups excluding carboxylic acids is 2. The van der Waals surface area contributed by atoms with Gasteiger partial charge < -0.3 is 15.0 Å². The van der Waals surface area contributed by atoms with Crippen LogP contribution in [0.2, 0.25) is 5.02 Å². The van der Waals surface area contributed by atoms with Crippen molar-refractivity contribution in [3.63, 3.8) is 0 Å². The van der Waals surface area contributed by atoms with Crippen molar-refractivity contribution in [1.29, 1.82) is 0 Å². The minimum Gasteiger partial charge on any atom is -0.381 e. The van der Waals surface area contributed by atoms with Gasteiger partial charge in [-0.15, -0.1) is 0 Å². The molecule has 2 aliphatic heterocycles. The van der Waals surface area contributed by atoms with E-state index < -0.39 is 0 Å². The van der Waals surface area contributed by atoms with Gasteiger partial charge in [0.1, 0.15) is 0 Å². The zero-order chi connectivity index (χ0) is 27.2. The van der Waals surface area contributed by atoms with Crippen LogP contribution in [0, 0.1) is 0 Å². The summed E-state index contributed by atoms with van der Waals surface area (Å²) in [5, 5.41) is 3.72. The predicted octanol–water partition coefficient (Wildman–Crippen LogP) is 3.65. The van der Waals surface area contributed by atoms with Gasteiger partial charge in [0, 0.05) is 56.2 Å². The third-order valence-electron chi connectivity index (χ3n) is 7.30. The third-order valence-corrected chi connectivity index (χ3v) is 7.58. The molecule has 1 fully saturated rings. The lowest BCUT2D eigenvalue weighted by Gasteiger charge is -2.24. The average molecular weight is 549 g/mol. The van der Waals surface area contributed by atoms with Crippen LogP contribution < -0.4 is 5.32 Å². The SMILES string of the molecule is CN(CC(=O)N1CCc2ccccc2CC1)Cc1ncc(-c2nc(NC3CCOCC3)ncc2Cl)cc1C=O. The second-order valence-corrected chi connectivity index (χ2v) is 10.5. The van der Waals surface area contributed by atoms with E-state index in [1.54, 1.807) is 18.5 Å². The summed E-state index contributed by atoms with van der Waals surface area (Å²) in [6, 6.07) is 10.4. The van der Waals surface area contributed by atoms with Crippen LogP contribution in [0.3, 0.4) is 0 Å². The van der Waals surface area contributed by atoms with E-state index in [0.29, 0.717) is 66.3 Å². The predicted molar refractivity (Wildman–Crippen MR) is 150 cm³/mol. The van der Waals surface area contributed by atoms with Gasteiger partial charge in [0.2, 0.25) is 11.9 Å². The van der Waals surface area contributed by atoms with Crippen LogP contribution in [-0.4, -0.2) is 82.9 Å². The maximum atomic E-state index is 13.1. The first-order valence-corrected chi connectivity index (χ1v) is 13.7. The summed E-state index contributed by atoms with van der Waals surface area (Å²) in [4.78, 5) is 42.4. The zero-order valence-electron chi connectivity index (χ0n) is 22.1. The zero-order valence-corrected chi connectivity index (χ0v) is 22.9. The Morgan fingerprint density at radius 2 is 1.87 bits per heavy atom. The molecule has 1 N–H and O–H groups in total. The number of benzene rings is 1. The number of aldehydes is 1. The number of hydrogen-bond donors (Lipinski definition) is 1. The molecule has 1 amide bonds. The maximum Gasteiger partial charge on any atom is 0.236 e. The lowest BCUT2D eigenvalue weighted by atomic mass is 10.0. The lowest BCUT2D eigenvalue weighted by molar-refractivity contribution is -0.132. The number of likely N-dealkylation sites (N-methyl/N-ethyl adjacent to an activating group) is 1. The topological polar surface area (TPSA) is 101 Å². The fraction of sp³-hybridized carbons (Fsp3) is 0.414. The monoisotopic (exact) mass is 548 g/mol. The number of aromatic nitrogens is 3. The van der Waals surface area contributed by atoms with Crippen LogP contribution in [0.15, 0.2) is 42.7 Å². The number of rotatable bonds is 8. The number of halogens is 1. The summed E-state index contributed by atoms with van der Waals surface area (Å²) >= 11 is 6.43. The van der Waals surface area contributed by atoms with Gasteiger partial charge in [-0.3, -0.25) is 19.5 Å². The van der Waals surface area contributed by atoms with Gasteiger partial charge >= 0.3 is 0 Å². The number of anilines is 1. The first-order valence-electron chi connectivity index (χ1n) is 13.3. The Labute approximate surface area is 233 Å². The van der Waals surface area contributed by atoms with Gasteiger partial charge in [-0.1, -0.05) is 35.9 Å². The minimum atomic E-state index is 0.0758. The van der Waals surface area contributed by atoms with E-state index >= 15 is 0 Å². The van der Waals surface area contributed by atoms with Crippen LogP contribution >= 0.6 is 11.6 Å². The van der Waals surface area contributed by atoms with Crippen molar-refractivity contribution >= 4 is 29.7 Å². The second kappa shape index (κ2) is 12.6. The Kier molecular flexibility index (Phi) is 8.81. The number of hydrogen-bond acceptors (Lipinski definition) is 8. The van der Waals surface area contributed by atoms with E-state index in [0.717, 1.165) is 32.0 Å². The summed E-state index contributed by atoms with van der Waals surface area (Å²) in [7, 11) is 1.87. The molecule has 0 saturated carbocycles. The molecule has 0 radical (unpaired) electrons. The summed E-state index contributed by atoms with van der Waals surface area (Å²) < 4.78 is 5.42. The highest BCUT2D eigenvalue weighted by Gasteiger charge is 2.21. The Hall–Kier alpha value is -3.40. The van der Waals surface area contributed by atoms with Crippen molar-refractivity contribution < 1.29 is 14.3 Å². The van der Waals surface area contributed by atoms with Crippen molar-refractivity contribution in [3.8, 4) is 11.3 Å². The molecule has 1 aromatic carbocycles. The first kappa shape index (κ1) is 27.2. The summed E-state index contributed by atoms with van der Waals surface area (Å²) in [5.74, 6) is 0.555. The minimum absolute atomic E-state index is 0.0758. The standard InChI is InChI=1S/C29H33ClN6O3/c1-35(18-27(38)36-10-6-20-4-2-3-5-21(20)7-11-36)17-26-23(19-37)14-22(15-31-26)28-25(30)16-32-29(34-28)33-24-8-12-39-13-9-24/h2-5,14-16,19,24H,6-13,17-18H2,1H3,(H,32,33,34). The number of nitrogens with zero attached hydrogens (tertiary/aromatic N) is 5. The molecular weight excluding hydrogens is 516 g/mol. The smallest absolute Gasteiger partial charge is 0.236 e. The van der Waals surface area contributed by atoms with E-state index in [-0.39, 0.29) is 18.5 Å². The van der Waals surface area contributed by atoms with Crippen LogP contribution in [0.4, 0.5) is 5.95 Å². The molecule has 10 heteroatoms. The Bertz CT molecular complexity index is 1300. The molecule has 3 aromatic rings. The number of amides is 1. The van der Waals surface area contributed by atoms with Gasteiger partial charge in [-0.05, 0) is 49.9 Å². The Balaban J connectivity index is 1.23. The maximum absolute atomic E-state index is 13.1. The molecule has 4 heterocycles. The highest BCUT2D eigenvalue weighted by molar-refractivity contribution is 6.32. The van der Waals surface area contributed by atoms with Gasteiger partial charge in [0.05, 0.1) is 29.2 Å². The molecule has 0 unspecified atom stereocenters. The van der Waals surface area contributed by atoms with E-state index in [4.69, 9.17) is 16.3 Å². The van der Waals surface area contributed by atoms with Crippen LogP contribution in [-0.2, 0) is 28.9 Å². The van der Waals surface area contributed by atoms with Gasteiger partial charge in [-0.25, -0.2) is 9.97 Å². The molecule has 2 aliphatic rings. The van der Waals surface area contributed by atoms with Crippen LogP contribution in [0.1, 0.15) is 40.0 Å². The molecule has 39 heavy (non-hydrogen) atoms. The lowest BCUT2D eigenvalue weighted by Crippen LogP contribution is -2.40. The van der Waals surface area contributed by atoms with E-state index in [1.807, 2.05) is 16.8 Å². The normalized spacial score (nSPS) is 16.0. The van der Waals surface area contributed by atoms with E-state index in [1.165, 1.54) is 11.1 Å². The fourth-order valence-electron chi connectivity index (χ4n) is 5.10.